The second-order valence-corrected chi connectivity index (χ2v) is 5.77. The van der Waals surface area contributed by atoms with Crippen LogP contribution in [0.5, 0.6) is 11.5 Å². The van der Waals surface area contributed by atoms with Crippen LogP contribution >= 0.6 is 15.9 Å². The van der Waals surface area contributed by atoms with Crippen LogP contribution in [0.25, 0.3) is 0 Å². The maximum absolute atomic E-state index is 10.9. The Hall–Kier alpha value is -1.67. The summed E-state index contributed by atoms with van der Waals surface area (Å²) in [7, 11) is 6.13. The molecule has 1 unspecified atom stereocenters. The molecule has 1 aromatic heterocycles. The lowest BCUT2D eigenvalue weighted by atomic mass is 9.98. The van der Waals surface area contributed by atoms with E-state index in [9.17, 15) is 5.11 Å². The van der Waals surface area contributed by atoms with Crippen molar-refractivity contribution < 1.29 is 24.1 Å². The second kappa shape index (κ2) is 8.43. The van der Waals surface area contributed by atoms with Crippen LogP contribution in [0.2, 0.25) is 0 Å². The molecule has 0 saturated carbocycles. The molecule has 0 bridgehead atoms. The molecule has 0 aliphatic carbocycles. The highest BCUT2D eigenvalue weighted by Crippen LogP contribution is 2.39. The first kappa shape index (κ1) is 18.7. The minimum Gasteiger partial charge on any atom is -0.493 e. The first-order valence-electron chi connectivity index (χ1n) is 7.17. The molecule has 0 spiro atoms. The van der Waals surface area contributed by atoms with E-state index in [1.165, 1.54) is 21.3 Å². The maximum atomic E-state index is 10.9. The number of halogens is 1. The monoisotopic (exact) mass is 397 g/mol. The van der Waals surface area contributed by atoms with Crippen LogP contribution in [0, 0.1) is 0 Å². The van der Waals surface area contributed by atoms with E-state index in [4.69, 9.17) is 18.9 Å². The van der Waals surface area contributed by atoms with E-state index in [1.54, 1.807) is 31.5 Å². The molecule has 1 heterocycles. The highest BCUT2D eigenvalue weighted by atomic mass is 79.9. The second-order valence-electron chi connectivity index (χ2n) is 4.91. The quantitative estimate of drug-likeness (QED) is 0.723. The summed E-state index contributed by atoms with van der Waals surface area (Å²) < 4.78 is 22.1. The zero-order valence-electron chi connectivity index (χ0n) is 13.9. The summed E-state index contributed by atoms with van der Waals surface area (Å²) in [6, 6.07) is 7.02. The largest absolute Gasteiger partial charge is 0.493 e. The summed E-state index contributed by atoms with van der Waals surface area (Å²) in [4.78, 5) is 4.25. The fourth-order valence-electron chi connectivity index (χ4n) is 2.45. The molecule has 7 heteroatoms. The van der Waals surface area contributed by atoms with Gasteiger partial charge in [-0.3, -0.25) is 4.98 Å². The van der Waals surface area contributed by atoms with Gasteiger partial charge in [0.25, 0.3) is 0 Å². The third-order valence-corrected chi connectivity index (χ3v) is 4.28. The van der Waals surface area contributed by atoms with Crippen molar-refractivity contribution in [1.82, 2.24) is 4.98 Å². The molecule has 2 aromatic rings. The number of methoxy groups -OCH3 is 4. The number of nitrogens with zero attached hydrogens (tertiary/aromatic N) is 1. The van der Waals surface area contributed by atoms with Crippen LogP contribution in [0.1, 0.15) is 29.2 Å². The smallest absolute Gasteiger partial charge is 0.183 e. The highest BCUT2D eigenvalue weighted by Gasteiger charge is 2.25. The molecule has 130 valence electrons. The zero-order chi connectivity index (χ0) is 17.7. The summed E-state index contributed by atoms with van der Waals surface area (Å²) in [5.41, 5.74) is 1.67. The number of benzene rings is 1. The molecule has 0 aliphatic rings. The van der Waals surface area contributed by atoms with E-state index >= 15 is 0 Å². The van der Waals surface area contributed by atoms with Crippen LogP contribution in [0.4, 0.5) is 0 Å². The van der Waals surface area contributed by atoms with Gasteiger partial charge in [-0.15, -0.1) is 0 Å². The Balaban J connectivity index is 2.63. The fourth-order valence-corrected chi connectivity index (χ4v) is 2.92. The summed E-state index contributed by atoms with van der Waals surface area (Å²) in [5, 5.41) is 10.9. The molecule has 1 N–H and O–H groups in total. The normalized spacial score (nSPS) is 12.3. The molecule has 6 nitrogen and oxygen atoms in total. The van der Waals surface area contributed by atoms with E-state index in [-0.39, 0.29) is 0 Å². The lowest BCUT2D eigenvalue weighted by Gasteiger charge is -2.23. The number of aliphatic hydroxyl groups is 1. The van der Waals surface area contributed by atoms with Gasteiger partial charge < -0.3 is 24.1 Å². The topological polar surface area (TPSA) is 70.0 Å². The van der Waals surface area contributed by atoms with Crippen molar-refractivity contribution in [2.45, 2.75) is 12.4 Å². The molecule has 0 fully saturated rings. The van der Waals surface area contributed by atoms with Gasteiger partial charge in [0.15, 0.2) is 17.8 Å². The molecular weight excluding hydrogens is 378 g/mol. The number of hydrogen-bond acceptors (Lipinski definition) is 6. The van der Waals surface area contributed by atoms with E-state index in [1.807, 2.05) is 6.07 Å². The van der Waals surface area contributed by atoms with Gasteiger partial charge in [-0.25, -0.2) is 0 Å². The Morgan fingerprint density at radius 3 is 2.08 bits per heavy atom. The fraction of sp³-hybridized carbons (Fsp3) is 0.353. The third-order valence-electron chi connectivity index (χ3n) is 3.61. The van der Waals surface area contributed by atoms with Gasteiger partial charge in [0, 0.05) is 30.5 Å². The van der Waals surface area contributed by atoms with E-state index in [0.29, 0.717) is 32.8 Å². The van der Waals surface area contributed by atoms with E-state index in [0.717, 1.165) is 0 Å². The Morgan fingerprint density at radius 2 is 1.58 bits per heavy atom. The Labute approximate surface area is 149 Å². The Morgan fingerprint density at radius 1 is 1.00 bits per heavy atom. The summed E-state index contributed by atoms with van der Waals surface area (Å²) in [5.74, 6) is 1.01. The molecule has 1 atom stereocenters. The van der Waals surface area contributed by atoms with Crippen LogP contribution < -0.4 is 9.47 Å². The molecule has 2 rings (SSSR count). The number of aliphatic hydroxyl groups excluding tert-OH is 1. The molecule has 0 aliphatic heterocycles. The van der Waals surface area contributed by atoms with Gasteiger partial charge in [-0.2, -0.15) is 0 Å². The predicted molar refractivity (Wildman–Crippen MR) is 92.3 cm³/mol. The van der Waals surface area contributed by atoms with Crippen molar-refractivity contribution in [3.63, 3.8) is 0 Å². The average molecular weight is 398 g/mol. The SMILES string of the molecule is COc1cc(C(OC)OC)c(C(O)c2ncccc2Br)cc1OC. The number of pyridine rings is 1. The standard InChI is InChI=1S/C17H20BrNO5/c1-21-13-8-10(16(20)15-12(18)6-5-7-19-15)11(9-14(13)22-2)17(23-3)24-4/h5-9,16-17,20H,1-4H3. The molecule has 24 heavy (non-hydrogen) atoms. The summed E-state index contributed by atoms with van der Waals surface area (Å²) in [6.07, 6.45) is -0.0476. The van der Waals surface area contributed by atoms with Gasteiger partial charge >= 0.3 is 0 Å². The lowest BCUT2D eigenvalue weighted by Crippen LogP contribution is -2.13. The average Bonchev–Trinajstić information content (AvgIpc) is 2.62. The first-order chi connectivity index (χ1) is 11.6. The van der Waals surface area contributed by atoms with Crippen molar-refractivity contribution in [2.75, 3.05) is 28.4 Å². The number of hydrogen-bond donors (Lipinski definition) is 1. The van der Waals surface area contributed by atoms with Crippen molar-refractivity contribution in [1.29, 1.82) is 0 Å². The third kappa shape index (κ3) is 3.70. The van der Waals surface area contributed by atoms with Crippen LogP contribution in [-0.4, -0.2) is 38.5 Å². The molecule has 0 amide bonds. The minimum atomic E-state index is -0.997. The number of rotatable bonds is 7. The first-order valence-corrected chi connectivity index (χ1v) is 7.96. The lowest BCUT2D eigenvalue weighted by molar-refractivity contribution is -0.107. The predicted octanol–water partition coefficient (Wildman–Crippen LogP) is 3.23. The maximum Gasteiger partial charge on any atom is 0.183 e. The number of ether oxygens (including phenoxy) is 4. The zero-order valence-corrected chi connectivity index (χ0v) is 15.5. The van der Waals surface area contributed by atoms with E-state index < -0.39 is 12.4 Å². The van der Waals surface area contributed by atoms with Crippen LogP contribution in [-0.2, 0) is 9.47 Å². The number of aromatic nitrogens is 1. The van der Waals surface area contributed by atoms with Gasteiger partial charge in [-0.1, -0.05) is 0 Å². The van der Waals surface area contributed by atoms with Gasteiger partial charge in [0.2, 0.25) is 0 Å². The Bertz CT molecular complexity index is 691. The van der Waals surface area contributed by atoms with Gasteiger partial charge in [0.1, 0.15) is 6.10 Å². The van der Waals surface area contributed by atoms with Crippen molar-refractivity contribution in [2.24, 2.45) is 0 Å². The summed E-state index contributed by atoms with van der Waals surface area (Å²) >= 11 is 3.41. The van der Waals surface area contributed by atoms with Crippen molar-refractivity contribution in [3.8, 4) is 11.5 Å². The van der Waals surface area contributed by atoms with E-state index in [2.05, 4.69) is 20.9 Å². The molecule has 0 radical (unpaired) electrons. The molecular formula is C17H20BrNO5. The molecule has 0 saturated heterocycles. The van der Waals surface area contributed by atoms with Crippen molar-refractivity contribution >= 4 is 15.9 Å². The van der Waals surface area contributed by atoms with Crippen LogP contribution in [0.15, 0.2) is 34.9 Å². The van der Waals surface area contributed by atoms with Gasteiger partial charge in [0.05, 0.1) is 19.9 Å². The highest BCUT2D eigenvalue weighted by molar-refractivity contribution is 9.10. The summed E-state index contributed by atoms with van der Waals surface area (Å²) in [6.45, 7) is 0. The van der Waals surface area contributed by atoms with Crippen molar-refractivity contribution in [3.05, 3.63) is 51.8 Å². The van der Waals surface area contributed by atoms with Gasteiger partial charge in [-0.05, 0) is 45.8 Å². The minimum absolute atomic E-state index is 0.483. The van der Waals surface area contributed by atoms with Crippen LogP contribution in [0.3, 0.4) is 0 Å². The Kier molecular flexibility index (Phi) is 6.56. The molecule has 1 aromatic carbocycles.